The molecule has 1 unspecified atom stereocenters. The summed E-state index contributed by atoms with van der Waals surface area (Å²) in [5.41, 5.74) is 1.04. The van der Waals surface area contributed by atoms with Gasteiger partial charge in [0, 0.05) is 5.56 Å². The number of rotatable bonds is 3. The number of hydrogen-bond acceptors (Lipinski definition) is 4. The molecule has 18 heavy (non-hydrogen) atoms. The van der Waals surface area contributed by atoms with Gasteiger partial charge in [0.05, 0.1) is 4.47 Å². The number of aliphatic hydroxyl groups excluding tert-OH is 1. The highest BCUT2D eigenvalue weighted by Gasteiger charge is 2.29. The summed E-state index contributed by atoms with van der Waals surface area (Å²) in [5, 5.41) is 18.7. The Balaban J connectivity index is 2.64. The molecule has 6 heteroatoms. The van der Waals surface area contributed by atoms with Crippen LogP contribution in [0.25, 0.3) is 0 Å². The fraction of sp³-hybridized carbons (Fsp3) is 0.417. The molecular formula is C12H13BrO5. The van der Waals surface area contributed by atoms with E-state index in [1.54, 1.807) is 0 Å². The number of benzene rings is 1. The van der Waals surface area contributed by atoms with Gasteiger partial charge in [-0.3, -0.25) is 0 Å². The molecule has 0 bridgehead atoms. The zero-order valence-corrected chi connectivity index (χ0v) is 11.5. The molecule has 2 rings (SSSR count). The minimum atomic E-state index is -1.58. The van der Waals surface area contributed by atoms with Gasteiger partial charge in [-0.25, -0.2) is 4.79 Å². The number of carboxylic acid groups (broad SMARTS) is 1. The molecule has 1 aliphatic heterocycles. The van der Waals surface area contributed by atoms with E-state index >= 15 is 0 Å². The summed E-state index contributed by atoms with van der Waals surface area (Å²) in [4.78, 5) is 10.9. The van der Waals surface area contributed by atoms with E-state index in [-0.39, 0.29) is 12.7 Å². The smallest absolute Gasteiger partial charge is 0.337 e. The Morgan fingerprint density at radius 3 is 2.67 bits per heavy atom. The minimum Gasteiger partial charge on any atom is -0.479 e. The van der Waals surface area contributed by atoms with Crippen LogP contribution in [-0.2, 0) is 4.79 Å². The number of ether oxygens (including phenoxy) is 2. The van der Waals surface area contributed by atoms with Crippen molar-refractivity contribution in [3.8, 4) is 11.5 Å². The molecule has 1 heterocycles. The van der Waals surface area contributed by atoms with Crippen LogP contribution in [-0.4, -0.2) is 23.0 Å². The van der Waals surface area contributed by atoms with Crippen molar-refractivity contribution in [1.82, 2.24) is 0 Å². The first kappa shape index (κ1) is 13.2. The average Bonchev–Trinajstić information content (AvgIpc) is 2.75. The van der Waals surface area contributed by atoms with Crippen molar-refractivity contribution < 1.29 is 24.5 Å². The summed E-state index contributed by atoms with van der Waals surface area (Å²) in [5.74, 6) is -0.248. The Kier molecular flexibility index (Phi) is 3.49. The van der Waals surface area contributed by atoms with E-state index in [9.17, 15) is 9.90 Å². The van der Waals surface area contributed by atoms with E-state index in [1.165, 1.54) is 6.07 Å². The highest BCUT2D eigenvalue weighted by molar-refractivity contribution is 9.10. The van der Waals surface area contributed by atoms with Crippen LogP contribution in [0.5, 0.6) is 11.5 Å². The second-order valence-corrected chi connectivity index (χ2v) is 5.12. The number of halogens is 1. The molecule has 5 nitrogen and oxygen atoms in total. The van der Waals surface area contributed by atoms with Gasteiger partial charge in [0.2, 0.25) is 6.79 Å². The standard InChI is InChI=1S/C12H13BrO5/c1-5(2)8-6(10(14)12(15)16)3-7-11(9(8)13)18-4-17-7/h3,5,10,14H,4H2,1-2H3,(H,15,16). The van der Waals surface area contributed by atoms with Gasteiger partial charge in [-0.1, -0.05) is 13.8 Å². The van der Waals surface area contributed by atoms with Crippen molar-refractivity contribution in [3.05, 3.63) is 21.7 Å². The lowest BCUT2D eigenvalue weighted by Crippen LogP contribution is -2.14. The van der Waals surface area contributed by atoms with Crippen molar-refractivity contribution in [2.24, 2.45) is 0 Å². The Morgan fingerprint density at radius 2 is 2.11 bits per heavy atom. The van der Waals surface area contributed by atoms with Gasteiger partial charge in [-0.05, 0) is 33.5 Å². The van der Waals surface area contributed by atoms with Crippen molar-refractivity contribution in [2.45, 2.75) is 25.9 Å². The number of aliphatic carboxylic acids is 1. The zero-order chi connectivity index (χ0) is 13.4. The van der Waals surface area contributed by atoms with Crippen molar-refractivity contribution >= 4 is 21.9 Å². The third-order valence-corrected chi connectivity index (χ3v) is 3.57. The second-order valence-electron chi connectivity index (χ2n) is 4.32. The van der Waals surface area contributed by atoms with E-state index in [0.717, 1.165) is 0 Å². The summed E-state index contributed by atoms with van der Waals surface area (Å²) in [6.07, 6.45) is -1.58. The summed E-state index contributed by atoms with van der Waals surface area (Å²) in [7, 11) is 0. The van der Waals surface area contributed by atoms with Crippen molar-refractivity contribution in [2.75, 3.05) is 6.79 Å². The fourth-order valence-corrected chi connectivity index (χ4v) is 2.98. The average molecular weight is 317 g/mol. The lowest BCUT2D eigenvalue weighted by atomic mass is 9.93. The second kappa shape index (κ2) is 4.78. The molecule has 0 aliphatic carbocycles. The molecule has 2 N–H and O–H groups in total. The van der Waals surface area contributed by atoms with Gasteiger partial charge < -0.3 is 19.7 Å². The number of carboxylic acids is 1. The van der Waals surface area contributed by atoms with Gasteiger partial charge in [-0.15, -0.1) is 0 Å². The molecule has 1 aromatic rings. The highest BCUT2D eigenvalue weighted by atomic mass is 79.9. The molecule has 0 radical (unpaired) electrons. The minimum absolute atomic E-state index is 0.0397. The zero-order valence-electron chi connectivity index (χ0n) is 9.94. The summed E-state index contributed by atoms with van der Waals surface area (Å²) in [6.45, 7) is 3.93. The highest BCUT2D eigenvalue weighted by Crippen LogP contribution is 2.46. The maximum Gasteiger partial charge on any atom is 0.337 e. The van der Waals surface area contributed by atoms with Crippen LogP contribution in [0.15, 0.2) is 10.5 Å². The molecule has 0 spiro atoms. The Bertz CT molecular complexity index is 498. The normalized spacial score (nSPS) is 14.9. The van der Waals surface area contributed by atoms with Crippen LogP contribution in [0.3, 0.4) is 0 Å². The molecular weight excluding hydrogens is 304 g/mol. The predicted octanol–water partition coefficient (Wildman–Crippen LogP) is 2.42. The molecule has 0 saturated heterocycles. The largest absolute Gasteiger partial charge is 0.479 e. The monoisotopic (exact) mass is 316 g/mol. The summed E-state index contributed by atoms with van der Waals surface area (Å²) < 4.78 is 11.2. The van der Waals surface area contributed by atoms with Crippen LogP contribution in [0.4, 0.5) is 0 Å². The van der Waals surface area contributed by atoms with Crippen LogP contribution >= 0.6 is 15.9 Å². The Morgan fingerprint density at radius 1 is 1.44 bits per heavy atom. The third kappa shape index (κ3) is 2.06. The van der Waals surface area contributed by atoms with Gasteiger partial charge in [0.1, 0.15) is 0 Å². The van der Waals surface area contributed by atoms with Crippen molar-refractivity contribution in [3.63, 3.8) is 0 Å². The van der Waals surface area contributed by atoms with Crippen LogP contribution in [0.2, 0.25) is 0 Å². The Labute approximate surface area is 112 Å². The van der Waals surface area contributed by atoms with Crippen LogP contribution in [0, 0.1) is 0 Å². The molecule has 0 amide bonds. The molecule has 0 saturated carbocycles. The van der Waals surface area contributed by atoms with Gasteiger partial charge >= 0.3 is 5.97 Å². The third-order valence-electron chi connectivity index (χ3n) is 2.78. The van der Waals surface area contributed by atoms with Crippen molar-refractivity contribution in [1.29, 1.82) is 0 Å². The van der Waals surface area contributed by atoms with E-state index in [1.807, 2.05) is 13.8 Å². The summed E-state index contributed by atoms with van der Waals surface area (Å²) in [6, 6.07) is 1.53. The predicted molar refractivity (Wildman–Crippen MR) is 66.9 cm³/mol. The van der Waals surface area contributed by atoms with E-state index in [4.69, 9.17) is 14.6 Å². The molecule has 0 fully saturated rings. The SMILES string of the molecule is CC(C)c1c(C(O)C(=O)O)cc2c(c1Br)OCO2. The Hall–Kier alpha value is -1.27. The number of aliphatic hydroxyl groups is 1. The summed E-state index contributed by atoms with van der Waals surface area (Å²) >= 11 is 3.39. The van der Waals surface area contributed by atoms with Gasteiger partial charge in [0.25, 0.3) is 0 Å². The maximum atomic E-state index is 10.9. The fourth-order valence-electron chi connectivity index (χ4n) is 1.98. The molecule has 1 aliphatic rings. The van der Waals surface area contributed by atoms with Crippen LogP contribution in [0.1, 0.15) is 37.0 Å². The molecule has 98 valence electrons. The number of hydrogen-bond donors (Lipinski definition) is 2. The van der Waals surface area contributed by atoms with Crippen LogP contribution < -0.4 is 9.47 Å². The first-order valence-corrected chi connectivity index (χ1v) is 6.25. The molecule has 1 aromatic carbocycles. The number of carbonyl (C=O) groups is 1. The molecule has 1 atom stereocenters. The molecule has 0 aromatic heterocycles. The van der Waals surface area contributed by atoms with E-state index in [0.29, 0.717) is 27.1 Å². The topological polar surface area (TPSA) is 76.0 Å². The quantitative estimate of drug-likeness (QED) is 0.895. The first-order valence-electron chi connectivity index (χ1n) is 5.46. The van der Waals surface area contributed by atoms with E-state index < -0.39 is 12.1 Å². The van der Waals surface area contributed by atoms with Gasteiger partial charge in [-0.2, -0.15) is 0 Å². The maximum absolute atomic E-state index is 10.9. The van der Waals surface area contributed by atoms with Gasteiger partial charge in [0.15, 0.2) is 17.6 Å². The number of fused-ring (bicyclic) bond motifs is 1. The lowest BCUT2D eigenvalue weighted by Gasteiger charge is -2.18. The first-order chi connectivity index (χ1) is 8.43. The lowest BCUT2D eigenvalue weighted by molar-refractivity contribution is -0.147. The van der Waals surface area contributed by atoms with E-state index in [2.05, 4.69) is 15.9 Å².